The van der Waals surface area contributed by atoms with Crippen molar-refractivity contribution < 1.29 is 4.79 Å². The zero-order chi connectivity index (χ0) is 12.4. The zero-order valence-electron chi connectivity index (χ0n) is 10.7. The maximum atomic E-state index is 12.0. The van der Waals surface area contributed by atoms with Crippen molar-refractivity contribution in [2.75, 3.05) is 0 Å². The van der Waals surface area contributed by atoms with Crippen LogP contribution in [0.5, 0.6) is 0 Å². The van der Waals surface area contributed by atoms with Crippen LogP contribution >= 0.6 is 0 Å². The van der Waals surface area contributed by atoms with Crippen LogP contribution in [0.3, 0.4) is 0 Å². The quantitative estimate of drug-likeness (QED) is 0.832. The third kappa shape index (κ3) is 2.81. The molecule has 3 heteroatoms. The second kappa shape index (κ2) is 4.24. The van der Waals surface area contributed by atoms with E-state index in [1.165, 1.54) is 0 Å². The highest BCUT2D eigenvalue weighted by atomic mass is 16.1. The summed E-state index contributed by atoms with van der Waals surface area (Å²) in [5, 5.41) is 3.05. The van der Waals surface area contributed by atoms with Gasteiger partial charge in [-0.3, -0.25) is 9.78 Å². The number of pyridine rings is 1. The summed E-state index contributed by atoms with van der Waals surface area (Å²) in [5.74, 6) is -0.0534. The van der Waals surface area contributed by atoms with Crippen LogP contribution in [0.15, 0.2) is 24.5 Å². The van der Waals surface area contributed by atoms with Crippen LogP contribution in [0.4, 0.5) is 0 Å². The van der Waals surface area contributed by atoms with Gasteiger partial charge >= 0.3 is 0 Å². The highest BCUT2D eigenvalue weighted by Gasteiger charge is 2.34. The molecule has 1 rings (SSSR count). The van der Waals surface area contributed by atoms with E-state index in [0.717, 1.165) is 0 Å². The largest absolute Gasteiger partial charge is 0.347 e. The first-order valence-corrected chi connectivity index (χ1v) is 5.46. The van der Waals surface area contributed by atoms with E-state index in [1.807, 2.05) is 13.8 Å². The molecule has 0 aromatic carbocycles. The van der Waals surface area contributed by atoms with E-state index in [-0.39, 0.29) is 16.9 Å². The van der Waals surface area contributed by atoms with Crippen molar-refractivity contribution in [1.29, 1.82) is 0 Å². The van der Waals surface area contributed by atoms with Crippen molar-refractivity contribution in [3.63, 3.8) is 0 Å². The molecule has 3 nitrogen and oxygen atoms in total. The summed E-state index contributed by atoms with van der Waals surface area (Å²) in [5.41, 5.74) is 0.399. The van der Waals surface area contributed by atoms with Crippen molar-refractivity contribution in [1.82, 2.24) is 10.3 Å². The van der Waals surface area contributed by atoms with Crippen molar-refractivity contribution in [3.8, 4) is 0 Å². The van der Waals surface area contributed by atoms with Crippen LogP contribution in [0.1, 0.15) is 45.0 Å². The summed E-state index contributed by atoms with van der Waals surface area (Å²) in [6.07, 6.45) is 3.25. The molecule has 0 fully saturated rings. The second-order valence-corrected chi connectivity index (χ2v) is 5.57. The Bertz CT molecular complexity index is 363. The average molecular weight is 220 g/mol. The van der Waals surface area contributed by atoms with Crippen molar-refractivity contribution in [3.05, 3.63) is 30.1 Å². The van der Waals surface area contributed by atoms with E-state index < -0.39 is 0 Å². The van der Waals surface area contributed by atoms with E-state index in [1.54, 1.807) is 24.5 Å². The van der Waals surface area contributed by atoms with Crippen molar-refractivity contribution >= 4 is 5.91 Å². The Kier molecular flexibility index (Phi) is 3.36. The Labute approximate surface area is 97.3 Å². The Balaban J connectivity index is 2.80. The molecule has 0 saturated heterocycles. The van der Waals surface area contributed by atoms with Gasteiger partial charge in [-0.1, -0.05) is 20.8 Å². The molecule has 0 saturated carbocycles. The summed E-state index contributed by atoms with van der Waals surface area (Å²) in [4.78, 5) is 15.9. The Morgan fingerprint density at radius 2 is 1.62 bits per heavy atom. The van der Waals surface area contributed by atoms with Crippen LogP contribution in [-0.2, 0) is 0 Å². The number of amides is 1. The van der Waals surface area contributed by atoms with Gasteiger partial charge in [0.15, 0.2) is 0 Å². The smallest absolute Gasteiger partial charge is 0.251 e. The van der Waals surface area contributed by atoms with Gasteiger partial charge in [-0.25, -0.2) is 0 Å². The van der Waals surface area contributed by atoms with Gasteiger partial charge in [0.2, 0.25) is 0 Å². The summed E-state index contributed by atoms with van der Waals surface area (Å²) < 4.78 is 0. The minimum Gasteiger partial charge on any atom is -0.347 e. The van der Waals surface area contributed by atoms with Crippen LogP contribution in [0, 0.1) is 5.41 Å². The Hall–Kier alpha value is -1.38. The molecule has 0 radical (unpaired) electrons. The van der Waals surface area contributed by atoms with E-state index >= 15 is 0 Å². The second-order valence-electron chi connectivity index (χ2n) is 5.57. The van der Waals surface area contributed by atoms with E-state index in [2.05, 4.69) is 31.1 Å². The van der Waals surface area contributed by atoms with Gasteiger partial charge in [-0.15, -0.1) is 0 Å². The van der Waals surface area contributed by atoms with Gasteiger partial charge in [0.1, 0.15) is 0 Å². The predicted octanol–water partition coefficient (Wildman–Crippen LogP) is 2.64. The lowest BCUT2D eigenvalue weighted by Crippen LogP contribution is -2.52. The standard InChI is InChI=1S/C13H20N2O/c1-12(2,3)13(4,5)15-11(16)10-6-8-14-9-7-10/h6-9H,1-5H3,(H,15,16). The van der Waals surface area contributed by atoms with Crippen molar-refractivity contribution in [2.24, 2.45) is 5.41 Å². The lowest BCUT2D eigenvalue weighted by Gasteiger charge is -2.39. The van der Waals surface area contributed by atoms with Crippen LogP contribution < -0.4 is 5.32 Å². The molecule has 88 valence electrons. The fourth-order valence-corrected chi connectivity index (χ4v) is 1.05. The average Bonchev–Trinajstić information content (AvgIpc) is 2.16. The number of carbonyl (C=O) groups is 1. The molecule has 0 atom stereocenters. The molecule has 0 aliphatic carbocycles. The molecular formula is C13H20N2O. The summed E-state index contributed by atoms with van der Waals surface area (Å²) >= 11 is 0. The molecule has 1 heterocycles. The molecule has 0 aliphatic rings. The highest BCUT2D eigenvalue weighted by Crippen LogP contribution is 2.29. The van der Waals surface area contributed by atoms with Gasteiger partial charge in [0.05, 0.1) is 0 Å². The highest BCUT2D eigenvalue weighted by molar-refractivity contribution is 5.94. The van der Waals surface area contributed by atoms with Crippen molar-refractivity contribution in [2.45, 2.75) is 40.2 Å². The number of rotatable bonds is 2. The summed E-state index contributed by atoms with van der Waals surface area (Å²) in [6.45, 7) is 10.4. The number of carbonyl (C=O) groups excluding carboxylic acids is 1. The molecule has 0 unspecified atom stereocenters. The van der Waals surface area contributed by atoms with Crippen LogP contribution in [0.25, 0.3) is 0 Å². The number of hydrogen-bond acceptors (Lipinski definition) is 2. The molecule has 1 aromatic heterocycles. The molecule has 1 amide bonds. The zero-order valence-corrected chi connectivity index (χ0v) is 10.7. The van der Waals surface area contributed by atoms with Gasteiger partial charge in [0.25, 0.3) is 5.91 Å². The van der Waals surface area contributed by atoms with Gasteiger partial charge in [0, 0.05) is 23.5 Å². The van der Waals surface area contributed by atoms with Crippen LogP contribution in [0.2, 0.25) is 0 Å². The lowest BCUT2D eigenvalue weighted by molar-refractivity contribution is 0.0829. The maximum absolute atomic E-state index is 12.0. The fourth-order valence-electron chi connectivity index (χ4n) is 1.05. The minimum absolute atomic E-state index is 0.00961. The summed E-state index contributed by atoms with van der Waals surface area (Å²) in [7, 11) is 0. The molecule has 0 spiro atoms. The van der Waals surface area contributed by atoms with E-state index in [4.69, 9.17) is 0 Å². The first kappa shape index (κ1) is 12.7. The SMILES string of the molecule is CC(C)(C)C(C)(C)NC(=O)c1ccncc1. The Morgan fingerprint density at radius 3 is 2.06 bits per heavy atom. The third-order valence-electron chi connectivity index (χ3n) is 3.24. The molecule has 0 bridgehead atoms. The monoisotopic (exact) mass is 220 g/mol. The van der Waals surface area contributed by atoms with Gasteiger partial charge in [-0.2, -0.15) is 0 Å². The van der Waals surface area contributed by atoms with E-state index in [0.29, 0.717) is 5.56 Å². The number of hydrogen-bond donors (Lipinski definition) is 1. The lowest BCUT2D eigenvalue weighted by atomic mass is 9.76. The van der Waals surface area contributed by atoms with Gasteiger partial charge in [-0.05, 0) is 31.4 Å². The topological polar surface area (TPSA) is 42.0 Å². The van der Waals surface area contributed by atoms with Crippen LogP contribution in [-0.4, -0.2) is 16.4 Å². The third-order valence-corrected chi connectivity index (χ3v) is 3.24. The number of nitrogens with one attached hydrogen (secondary N) is 1. The molecular weight excluding hydrogens is 200 g/mol. The Morgan fingerprint density at radius 1 is 1.12 bits per heavy atom. The number of aromatic nitrogens is 1. The molecule has 0 aliphatic heterocycles. The normalized spacial score (nSPS) is 12.3. The predicted molar refractivity (Wildman–Crippen MR) is 65.2 cm³/mol. The number of nitrogens with zero attached hydrogens (tertiary/aromatic N) is 1. The first-order valence-electron chi connectivity index (χ1n) is 5.46. The van der Waals surface area contributed by atoms with E-state index in [9.17, 15) is 4.79 Å². The van der Waals surface area contributed by atoms with Gasteiger partial charge < -0.3 is 5.32 Å². The summed E-state index contributed by atoms with van der Waals surface area (Å²) in [6, 6.07) is 3.43. The maximum Gasteiger partial charge on any atom is 0.251 e. The molecule has 16 heavy (non-hydrogen) atoms. The molecule has 1 aromatic rings. The minimum atomic E-state index is -0.257. The molecule has 1 N–H and O–H groups in total. The first-order chi connectivity index (χ1) is 7.24. The fraction of sp³-hybridized carbons (Fsp3) is 0.538.